The van der Waals surface area contributed by atoms with E-state index in [4.69, 9.17) is 0 Å². The number of hydrogen-bond acceptors (Lipinski definition) is 2. The molecule has 1 aliphatic rings. The van der Waals surface area contributed by atoms with Crippen molar-refractivity contribution in [1.29, 1.82) is 0 Å². The van der Waals surface area contributed by atoms with Crippen LogP contribution in [0.25, 0.3) is 0 Å². The Bertz CT molecular complexity index is 449. The van der Waals surface area contributed by atoms with Crippen molar-refractivity contribution in [3.63, 3.8) is 0 Å². The van der Waals surface area contributed by atoms with Gasteiger partial charge < -0.3 is 10.0 Å². The van der Waals surface area contributed by atoms with Gasteiger partial charge in [0.15, 0.2) is 0 Å². The molecule has 0 spiro atoms. The number of nitrogens with zero attached hydrogens (tertiary/aromatic N) is 1. The van der Waals surface area contributed by atoms with E-state index in [-0.39, 0.29) is 17.8 Å². The highest BCUT2D eigenvalue weighted by molar-refractivity contribution is 5.46. The van der Waals surface area contributed by atoms with E-state index in [9.17, 15) is 9.50 Å². The maximum atomic E-state index is 13.4. The van der Waals surface area contributed by atoms with Crippen LogP contribution in [0.15, 0.2) is 24.3 Å². The fourth-order valence-electron chi connectivity index (χ4n) is 3.46. The Morgan fingerprint density at radius 3 is 2.71 bits per heavy atom. The van der Waals surface area contributed by atoms with E-state index < -0.39 is 0 Å². The van der Waals surface area contributed by atoms with Crippen molar-refractivity contribution in [3.8, 4) is 0 Å². The molecule has 2 nitrogen and oxygen atoms in total. The summed E-state index contributed by atoms with van der Waals surface area (Å²) in [5.74, 6) is 1.46. The minimum atomic E-state index is -0.220. The highest BCUT2D eigenvalue weighted by Gasteiger charge is 2.31. The quantitative estimate of drug-likeness (QED) is 0.884. The SMILES string of the molecule is CCN(CC1CC(C(C)C)CCC1O)c1cccc(F)c1. The van der Waals surface area contributed by atoms with Crippen molar-refractivity contribution in [3.05, 3.63) is 30.1 Å². The molecule has 0 amide bonds. The molecule has 0 bridgehead atoms. The zero-order valence-corrected chi connectivity index (χ0v) is 13.4. The number of halogens is 1. The van der Waals surface area contributed by atoms with E-state index in [1.807, 2.05) is 6.07 Å². The van der Waals surface area contributed by atoms with E-state index in [1.54, 1.807) is 12.1 Å². The molecule has 0 radical (unpaired) electrons. The first-order chi connectivity index (χ1) is 10.0. The summed E-state index contributed by atoms with van der Waals surface area (Å²) in [5.41, 5.74) is 0.913. The third kappa shape index (κ3) is 4.19. The van der Waals surface area contributed by atoms with Crippen molar-refractivity contribution in [2.45, 2.75) is 46.1 Å². The van der Waals surface area contributed by atoms with Crippen molar-refractivity contribution >= 4 is 5.69 Å². The Kier molecular flexibility index (Phi) is 5.63. The fourth-order valence-corrected chi connectivity index (χ4v) is 3.46. The standard InChI is InChI=1S/C18H28FNO/c1-4-20(17-7-5-6-16(19)11-17)12-15-10-14(13(2)3)8-9-18(15)21/h5-7,11,13-15,18,21H,4,8-10,12H2,1-3H3. The second-order valence-corrected chi connectivity index (χ2v) is 6.66. The number of hydrogen-bond donors (Lipinski definition) is 1. The summed E-state index contributed by atoms with van der Waals surface area (Å²) in [6.45, 7) is 8.26. The Balaban J connectivity index is 2.06. The van der Waals surface area contributed by atoms with Gasteiger partial charge in [0.05, 0.1) is 6.10 Å². The largest absolute Gasteiger partial charge is 0.393 e. The molecule has 3 unspecified atom stereocenters. The van der Waals surface area contributed by atoms with Crippen molar-refractivity contribution in [2.75, 3.05) is 18.0 Å². The molecule has 0 saturated heterocycles. The lowest BCUT2D eigenvalue weighted by molar-refractivity contribution is 0.0410. The van der Waals surface area contributed by atoms with Gasteiger partial charge >= 0.3 is 0 Å². The summed E-state index contributed by atoms with van der Waals surface area (Å²) in [7, 11) is 0. The van der Waals surface area contributed by atoms with Crippen molar-refractivity contribution in [2.24, 2.45) is 17.8 Å². The summed E-state index contributed by atoms with van der Waals surface area (Å²) in [5, 5.41) is 10.3. The number of rotatable bonds is 5. The highest BCUT2D eigenvalue weighted by Crippen LogP contribution is 2.35. The van der Waals surface area contributed by atoms with Crippen LogP contribution in [0.4, 0.5) is 10.1 Å². The highest BCUT2D eigenvalue weighted by atomic mass is 19.1. The average Bonchev–Trinajstić information content (AvgIpc) is 2.46. The Hall–Kier alpha value is -1.09. The van der Waals surface area contributed by atoms with Crippen LogP contribution in [0.1, 0.15) is 40.0 Å². The lowest BCUT2D eigenvalue weighted by Gasteiger charge is -2.38. The zero-order valence-electron chi connectivity index (χ0n) is 13.4. The normalized spacial score (nSPS) is 26.1. The molecular formula is C18H28FNO. The summed E-state index contributed by atoms with van der Waals surface area (Å²) < 4.78 is 13.4. The molecule has 1 aliphatic carbocycles. The first kappa shape index (κ1) is 16.3. The first-order valence-electron chi connectivity index (χ1n) is 8.19. The van der Waals surface area contributed by atoms with Crippen molar-refractivity contribution in [1.82, 2.24) is 0 Å². The maximum Gasteiger partial charge on any atom is 0.125 e. The van der Waals surface area contributed by atoms with E-state index in [1.165, 1.54) is 6.07 Å². The van der Waals surface area contributed by atoms with Gasteiger partial charge in [0.25, 0.3) is 0 Å². The van der Waals surface area contributed by atoms with Crippen LogP contribution < -0.4 is 4.90 Å². The summed E-state index contributed by atoms with van der Waals surface area (Å²) >= 11 is 0. The third-order valence-corrected chi connectivity index (χ3v) is 4.94. The van der Waals surface area contributed by atoms with E-state index in [0.29, 0.717) is 11.8 Å². The van der Waals surface area contributed by atoms with Gasteiger partial charge in [-0.2, -0.15) is 0 Å². The monoisotopic (exact) mass is 293 g/mol. The first-order valence-corrected chi connectivity index (χ1v) is 8.19. The van der Waals surface area contributed by atoms with Crippen LogP contribution in [-0.2, 0) is 0 Å². The second-order valence-electron chi connectivity index (χ2n) is 6.66. The topological polar surface area (TPSA) is 23.5 Å². The molecule has 0 aliphatic heterocycles. The van der Waals surface area contributed by atoms with Gasteiger partial charge in [-0.25, -0.2) is 4.39 Å². The van der Waals surface area contributed by atoms with Crippen LogP contribution in [0.5, 0.6) is 0 Å². The van der Waals surface area contributed by atoms with Gasteiger partial charge in [-0.1, -0.05) is 19.9 Å². The van der Waals surface area contributed by atoms with Gasteiger partial charge in [0.2, 0.25) is 0 Å². The van der Waals surface area contributed by atoms with E-state index in [2.05, 4.69) is 25.7 Å². The maximum absolute atomic E-state index is 13.4. The summed E-state index contributed by atoms with van der Waals surface area (Å²) in [6, 6.07) is 6.75. The smallest absolute Gasteiger partial charge is 0.125 e. The molecule has 1 saturated carbocycles. The molecule has 2 rings (SSSR count). The summed E-state index contributed by atoms with van der Waals surface area (Å²) in [4.78, 5) is 2.18. The third-order valence-electron chi connectivity index (χ3n) is 4.94. The van der Waals surface area contributed by atoms with Gasteiger partial charge in [0.1, 0.15) is 5.82 Å². The average molecular weight is 293 g/mol. The second kappa shape index (κ2) is 7.26. The lowest BCUT2D eigenvalue weighted by atomic mass is 9.74. The minimum Gasteiger partial charge on any atom is -0.393 e. The van der Waals surface area contributed by atoms with Gasteiger partial charge in [0, 0.05) is 24.7 Å². The molecule has 3 heteroatoms. The van der Waals surface area contributed by atoms with Crippen LogP contribution in [0.2, 0.25) is 0 Å². The fraction of sp³-hybridized carbons (Fsp3) is 0.667. The molecule has 1 N–H and O–H groups in total. The molecule has 21 heavy (non-hydrogen) atoms. The molecule has 0 aromatic heterocycles. The number of benzene rings is 1. The molecule has 0 heterocycles. The number of anilines is 1. The zero-order chi connectivity index (χ0) is 15.4. The lowest BCUT2D eigenvalue weighted by Crippen LogP contribution is -2.40. The Morgan fingerprint density at radius 2 is 2.10 bits per heavy atom. The van der Waals surface area contributed by atoms with Gasteiger partial charge in [-0.15, -0.1) is 0 Å². The summed E-state index contributed by atoms with van der Waals surface area (Å²) in [6.07, 6.45) is 2.88. The molecule has 1 fully saturated rings. The molecular weight excluding hydrogens is 265 g/mol. The van der Waals surface area contributed by atoms with Crippen molar-refractivity contribution < 1.29 is 9.50 Å². The predicted molar refractivity (Wildman–Crippen MR) is 86.0 cm³/mol. The Labute approximate surface area is 128 Å². The van der Waals surface area contributed by atoms with E-state index in [0.717, 1.165) is 38.0 Å². The molecule has 1 aromatic rings. The van der Waals surface area contributed by atoms with Crippen LogP contribution in [0, 0.1) is 23.6 Å². The number of aliphatic hydroxyl groups excluding tert-OH is 1. The van der Waals surface area contributed by atoms with Gasteiger partial charge in [-0.05, 0) is 56.2 Å². The van der Waals surface area contributed by atoms with E-state index >= 15 is 0 Å². The molecule has 1 aromatic carbocycles. The van der Waals surface area contributed by atoms with Crippen LogP contribution in [0.3, 0.4) is 0 Å². The minimum absolute atomic E-state index is 0.199. The predicted octanol–water partition coefficient (Wildman–Crippen LogP) is 4.09. The molecule has 118 valence electrons. The Morgan fingerprint density at radius 1 is 1.33 bits per heavy atom. The molecule has 3 atom stereocenters. The number of aliphatic hydroxyl groups is 1. The van der Waals surface area contributed by atoms with Crippen LogP contribution >= 0.6 is 0 Å². The van der Waals surface area contributed by atoms with Gasteiger partial charge in [-0.3, -0.25) is 0 Å². The van der Waals surface area contributed by atoms with Crippen LogP contribution in [-0.4, -0.2) is 24.3 Å².